The van der Waals surface area contributed by atoms with E-state index >= 15 is 0 Å². The fourth-order valence-corrected chi connectivity index (χ4v) is 1.16. The fourth-order valence-electron chi connectivity index (χ4n) is 1.16. The van der Waals surface area contributed by atoms with Gasteiger partial charge >= 0.3 is 5.92 Å². The molecule has 0 heterocycles. The molecule has 0 aromatic heterocycles. The average Bonchev–Trinajstić information content (AvgIpc) is 2.04. The predicted octanol–water partition coefficient (Wildman–Crippen LogP) is 3.44. The zero-order valence-corrected chi connectivity index (χ0v) is 7.52. The van der Waals surface area contributed by atoms with Crippen molar-refractivity contribution in [1.82, 2.24) is 0 Å². The molecule has 13 heavy (non-hydrogen) atoms. The van der Waals surface area contributed by atoms with Crippen LogP contribution in [0.15, 0.2) is 24.3 Å². The number of rotatable bonds is 2. The van der Waals surface area contributed by atoms with Gasteiger partial charge in [0.05, 0.1) is 0 Å². The van der Waals surface area contributed by atoms with Crippen molar-refractivity contribution in [2.24, 2.45) is 0 Å². The molecule has 1 aromatic rings. The van der Waals surface area contributed by atoms with Crippen LogP contribution in [0, 0.1) is 6.92 Å². The van der Waals surface area contributed by atoms with Crippen LogP contribution >= 0.6 is 0 Å². The monoisotopic (exact) mass is 188 g/mol. The molecule has 0 saturated carbocycles. The number of hydrogen-bond donors (Lipinski definition) is 0. The van der Waals surface area contributed by atoms with Gasteiger partial charge in [0, 0.05) is 5.56 Å². The van der Waals surface area contributed by atoms with E-state index in [4.69, 9.17) is 0 Å². The maximum atomic E-state index is 13.2. The van der Waals surface area contributed by atoms with Crippen LogP contribution in [-0.2, 0) is 5.92 Å². The molecule has 0 aliphatic carbocycles. The van der Waals surface area contributed by atoms with Crippen molar-refractivity contribution < 1.29 is 13.2 Å². The van der Waals surface area contributed by atoms with E-state index in [1.807, 2.05) is 0 Å². The molecule has 0 aliphatic rings. The Kier molecular flexibility index (Phi) is 2.64. The number of alkyl halides is 3. The molecular formula is C10H11F3. The maximum Gasteiger partial charge on any atom is 0.303 e. The summed E-state index contributed by atoms with van der Waals surface area (Å²) in [4.78, 5) is 0. The van der Waals surface area contributed by atoms with Gasteiger partial charge in [-0.3, -0.25) is 0 Å². The van der Waals surface area contributed by atoms with Crippen LogP contribution in [0.2, 0.25) is 0 Å². The Morgan fingerprint density at radius 1 is 1.23 bits per heavy atom. The van der Waals surface area contributed by atoms with E-state index < -0.39 is 12.1 Å². The first-order valence-electron chi connectivity index (χ1n) is 4.04. The van der Waals surface area contributed by atoms with Gasteiger partial charge in [-0.2, -0.15) is 8.78 Å². The van der Waals surface area contributed by atoms with Crippen molar-refractivity contribution >= 4 is 0 Å². The Balaban J connectivity index is 3.14. The molecule has 0 N–H and O–H groups in total. The molecule has 0 amide bonds. The highest BCUT2D eigenvalue weighted by Gasteiger charge is 2.39. The second-order valence-corrected chi connectivity index (χ2v) is 3.05. The summed E-state index contributed by atoms with van der Waals surface area (Å²) >= 11 is 0. The zero-order chi connectivity index (χ0) is 10.1. The van der Waals surface area contributed by atoms with E-state index in [1.54, 1.807) is 19.1 Å². The van der Waals surface area contributed by atoms with Crippen LogP contribution in [-0.4, -0.2) is 6.17 Å². The van der Waals surface area contributed by atoms with Gasteiger partial charge in [0.1, 0.15) is 0 Å². The number of aryl methyl sites for hydroxylation is 1. The van der Waals surface area contributed by atoms with Gasteiger partial charge in [0.15, 0.2) is 6.17 Å². The van der Waals surface area contributed by atoms with Crippen molar-refractivity contribution in [3.8, 4) is 0 Å². The molecule has 1 atom stereocenters. The molecule has 1 rings (SSSR count). The zero-order valence-electron chi connectivity index (χ0n) is 7.52. The van der Waals surface area contributed by atoms with Gasteiger partial charge in [-0.25, -0.2) is 4.39 Å². The lowest BCUT2D eigenvalue weighted by Gasteiger charge is -2.19. The van der Waals surface area contributed by atoms with Crippen LogP contribution in [0.1, 0.15) is 18.1 Å². The first-order valence-corrected chi connectivity index (χ1v) is 4.04. The minimum absolute atomic E-state index is 0.231. The molecule has 0 bridgehead atoms. The summed E-state index contributed by atoms with van der Waals surface area (Å²) < 4.78 is 38.9. The quantitative estimate of drug-likeness (QED) is 0.666. The van der Waals surface area contributed by atoms with Crippen LogP contribution < -0.4 is 0 Å². The second kappa shape index (κ2) is 3.40. The van der Waals surface area contributed by atoms with E-state index in [0.717, 1.165) is 6.92 Å². The normalized spacial score (nSPS) is 14.2. The highest BCUT2D eigenvalue weighted by atomic mass is 19.3. The van der Waals surface area contributed by atoms with Gasteiger partial charge in [-0.15, -0.1) is 0 Å². The van der Waals surface area contributed by atoms with Crippen molar-refractivity contribution in [3.05, 3.63) is 35.4 Å². The Bertz CT molecular complexity index is 292. The van der Waals surface area contributed by atoms with E-state index in [9.17, 15) is 13.2 Å². The number of halogens is 3. The van der Waals surface area contributed by atoms with Crippen LogP contribution in [0.5, 0.6) is 0 Å². The molecule has 0 radical (unpaired) electrons. The van der Waals surface area contributed by atoms with Gasteiger partial charge in [0.25, 0.3) is 0 Å². The van der Waals surface area contributed by atoms with E-state index in [1.165, 1.54) is 12.1 Å². The molecule has 0 nitrogen and oxygen atoms in total. The van der Waals surface area contributed by atoms with Gasteiger partial charge < -0.3 is 0 Å². The summed E-state index contributed by atoms with van der Waals surface area (Å²) in [7, 11) is 0. The van der Waals surface area contributed by atoms with Crippen LogP contribution in [0.3, 0.4) is 0 Å². The van der Waals surface area contributed by atoms with Crippen molar-refractivity contribution in [3.63, 3.8) is 0 Å². The Morgan fingerprint density at radius 3 is 2.23 bits per heavy atom. The third kappa shape index (κ3) is 1.85. The molecule has 3 heteroatoms. The molecule has 1 unspecified atom stereocenters. The van der Waals surface area contributed by atoms with Crippen molar-refractivity contribution in [2.75, 3.05) is 0 Å². The Labute approximate surface area is 75.4 Å². The first-order chi connectivity index (χ1) is 5.96. The average molecular weight is 188 g/mol. The topological polar surface area (TPSA) is 0 Å². The largest absolute Gasteiger partial charge is 0.303 e. The Hall–Kier alpha value is -0.990. The second-order valence-electron chi connectivity index (χ2n) is 3.05. The lowest BCUT2D eigenvalue weighted by Crippen LogP contribution is -2.25. The maximum absolute atomic E-state index is 13.2. The van der Waals surface area contributed by atoms with E-state index in [-0.39, 0.29) is 5.56 Å². The lowest BCUT2D eigenvalue weighted by atomic mass is 10.00. The summed E-state index contributed by atoms with van der Waals surface area (Å²) in [6.45, 7) is 2.41. The summed E-state index contributed by atoms with van der Waals surface area (Å²) in [5.41, 5.74) is 0.182. The van der Waals surface area contributed by atoms with Gasteiger partial charge in [0.2, 0.25) is 0 Å². The predicted molar refractivity (Wildman–Crippen MR) is 45.6 cm³/mol. The van der Waals surface area contributed by atoms with Crippen molar-refractivity contribution in [2.45, 2.75) is 25.9 Å². The third-order valence-corrected chi connectivity index (χ3v) is 2.00. The summed E-state index contributed by atoms with van der Waals surface area (Å²) in [5, 5.41) is 0. The van der Waals surface area contributed by atoms with Crippen LogP contribution in [0.25, 0.3) is 0 Å². The minimum Gasteiger partial charge on any atom is -0.241 e. The highest BCUT2D eigenvalue weighted by molar-refractivity contribution is 5.30. The Morgan fingerprint density at radius 2 is 1.77 bits per heavy atom. The summed E-state index contributed by atoms with van der Waals surface area (Å²) in [5.74, 6) is -3.38. The first kappa shape index (κ1) is 10.1. The molecular weight excluding hydrogens is 177 g/mol. The van der Waals surface area contributed by atoms with Crippen molar-refractivity contribution in [1.29, 1.82) is 0 Å². The number of benzene rings is 1. The molecule has 0 fully saturated rings. The molecule has 1 aromatic carbocycles. The third-order valence-electron chi connectivity index (χ3n) is 2.00. The summed E-state index contributed by atoms with van der Waals surface area (Å²) in [6, 6.07) is 5.94. The molecule has 0 saturated heterocycles. The standard InChI is InChI=1S/C10H11F3/c1-7-5-3-4-6-9(7)10(12,13)8(2)11/h3-6,8H,1-2H3. The lowest BCUT2D eigenvalue weighted by molar-refractivity contribution is -0.0717. The summed E-state index contributed by atoms with van der Waals surface area (Å²) in [6.07, 6.45) is -2.16. The molecule has 72 valence electrons. The fraction of sp³-hybridized carbons (Fsp3) is 0.400. The van der Waals surface area contributed by atoms with E-state index in [2.05, 4.69) is 0 Å². The van der Waals surface area contributed by atoms with Crippen LogP contribution in [0.4, 0.5) is 13.2 Å². The molecule has 0 spiro atoms. The highest BCUT2D eigenvalue weighted by Crippen LogP contribution is 2.35. The SMILES string of the molecule is Cc1ccccc1C(F)(F)C(C)F. The number of hydrogen-bond acceptors (Lipinski definition) is 0. The van der Waals surface area contributed by atoms with E-state index in [0.29, 0.717) is 5.56 Å². The van der Waals surface area contributed by atoms with Gasteiger partial charge in [-0.1, -0.05) is 24.3 Å². The molecule has 0 aliphatic heterocycles. The minimum atomic E-state index is -3.38. The smallest absolute Gasteiger partial charge is 0.241 e. The van der Waals surface area contributed by atoms with Gasteiger partial charge in [-0.05, 0) is 19.4 Å².